The molecule has 3 heterocycles. The van der Waals surface area contributed by atoms with E-state index in [0.29, 0.717) is 6.04 Å². The molecule has 1 fully saturated rings. The third-order valence-electron chi connectivity index (χ3n) is 5.27. The summed E-state index contributed by atoms with van der Waals surface area (Å²) in [6, 6.07) is 6.22. The standard InChI is InChI=1S/C21H25N5OS/c1-14-17-19(23-12-10-15-7-5-6-11-22-15)24-13-25-21(17)28-18(14)20(27)26-16-8-3-2-4-9-16/h5-7,11,13,16H,2-4,8-10,12H2,1H3,(H,26,27)(H,23,24,25). The number of nitrogens with one attached hydrogen (secondary N) is 2. The predicted octanol–water partition coefficient (Wildman–Crippen LogP) is 4.11. The highest BCUT2D eigenvalue weighted by atomic mass is 32.1. The highest BCUT2D eigenvalue weighted by molar-refractivity contribution is 7.20. The molecule has 2 N–H and O–H groups in total. The van der Waals surface area contributed by atoms with Gasteiger partial charge in [0, 0.05) is 30.9 Å². The minimum absolute atomic E-state index is 0.0202. The number of anilines is 1. The number of amides is 1. The Bertz CT molecular complexity index is 950. The summed E-state index contributed by atoms with van der Waals surface area (Å²) in [5.41, 5.74) is 1.99. The van der Waals surface area contributed by atoms with Gasteiger partial charge in [0.2, 0.25) is 0 Å². The lowest BCUT2D eigenvalue weighted by atomic mass is 9.95. The van der Waals surface area contributed by atoms with Gasteiger partial charge in [-0.1, -0.05) is 25.3 Å². The molecule has 6 nitrogen and oxygen atoms in total. The normalized spacial score (nSPS) is 14.9. The Morgan fingerprint density at radius 3 is 2.82 bits per heavy atom. The van der Waals surface area contributed by atoms with Crippen LogP contribution in [0.25, 0.3) is 10.2 Å². The van der Waals surface area contributed by atoms with Crippen molar-refractivity contribution in [3.8, 4) is 0 Å². The maximum Gasteiger partial charge on any atom is 0.261 e. The largest absolute Gasteiger partial charge is 0.369 e. The molecule has 0 saturated heterocycles. The number of pyridine rings is 1. The molecule has 0 radical (unpaired) electrons. The first-order valence-corrected chi connectivity index (χ1v) is 10.7. The van der Waals surface area contributed by atoms with Gasteiger partial charge in [0.05, 0.1) is 10.3 Å². The summed E-state index contributed by atoms with van der Waals surface area (Å²) in [6.07, 6.45) is 10.0. The van der Waals surface area contributed by atoms with Crippen molar-refractivity contribution in [1.82, 2.24) is 20.3 Å². The third-order valence-corrected chi connectivity index (χ3v) is 6.47. The van der Waals surface area contributed by atoms with Crippen molar-refractivity contribution in [2.45, 2.75) is 51.5 Å². The smallest absolute Gasteiger partial charge is 0.261 e. The minimum atomic E-state index is 0.0202. The van der Waals surface area contributed by atoms with Crippen LogP contribution in [0.3, 0.4) is 0 Å². The summed E-state index contributed by atoms with van der Waals surface area (Å²) in [6.45, 7) is 2.71. The fourth-order valence-corrected chi connectivity index (χ4v) is 4.83. The summed E-state index contributed by atoms with van der Waals surface area (Å²) in [4.78, 5) is 27.6. The van der Waals surface area contributed by atoms with Crippen LogP contribution in [0.2, 0.25) is 0 Å². The van der Waals surface area contributed by atoms with Gasteiger partial charge < -0.3 is 10.6 Å². The first kappa shape index (κ1) is 18.8. The number of hydrogen-bond donors (Lipinski definition) is 2. The molecular weight excluding hydrogens is 370 g/mol. The Kier molecular flexibility index (Phi) is 5.81. The van der Waals surface area contributed by atoms with Gasteiger partial charge in [-0.3, -0.25) is 9.78 Å². The second-order valence-corrected chi connectivity index (χ2v) is 8.26. The molecule has 0 bridgehead atoms. The molecule has 7 heteroatoms. The van der Waals surface area contributed by atoms with Crippen LogP contribution in [-0.4, -0.2) is 33.4 Å². The van der Waals surface area contributed by atoms with Gasteiger partial charge in [0.25, 0.3) is 5.91 Å². The summed E-state index contributed by atoms with van der Waals surface area (Å²) in [7, 11) is 0. The second kappa shape index (κ2) is 8.65. The zero-order valence-electron chi connectivity index (χ0n) is 16.1. The molecular formula is C21H25N5OS. The molecule has 0 spiro atoms. The molecule has 0 atom stereocenters. The van der Waals surface area contributed by atoms with Gasteiger partial charge in [-0.2, -0.15) is 0 Å². The molecule has 28 heavy (non-hydrogen) atoms. The quantitative estimate of drug-likeness (QED) is 0.656. The van der Waals surface area contributed by atoms with Crippen molar-refractivity contribution in [3.63, 3.8) is 0 Å². The lowest BCUT2D eigenvalue weighted by Gasteiger charge is -2.22. The molecule has 146 valence electrons. The number of aryl methyl sites for hydroxylation is 1. The van der Waals surface area contributed by atoms with E-state index in [2.05, 4.69) is 25.6 Å². The van der Waals surface area contributed by atoms with E-state index in [-0.39, 0.29) is 5.91 Å². The molecule has 1 saturated carbocycles. The van der Waals surface area contributed by atoms with E-state index in [1.165, 1.54) is 30.6 Å². The Hall–Kier alpha value is -2.54. The average molecular weight is 396 g/mol. The van der Waals surface area contributed by atoms with Crippen molar-refractivity contribution < 1.29 is 4.79 Å². The zero-order chi connectivity index (χ0) is 19.3. The lowest BCUT2D eigenvalue weighted by molar-refractivity contribution is 0.0931. The number of fused-ring (bicyclic) bond motifs is 1. The Balaban J connectivity index is 1.50. The first-order chi connectivity index (χ1) is 13.7. The van der Waals surface area contributed by atoms with Crippen molar-refractivity contribution in [2.75, 3.05) is 11.9 Å². The maximum absolute atomic E-state index is 12.8. The van der Waals surface area contributed by atoms with Crippen LogP contribution in [0, 0.1) is 6.92 Å². The fourth-order valence-electron chi connectivity index (χ4n) is 3.78. The molecule has 4 rings (SSSR count). The SMILES string of the molecule is Cc1c(C(=O)NC2CCCCC2)sc2ncnc(NCCc3ccccn3)c12. The Morgan fingerprint density at radius 2 is 2.04 bits per heavy atom. The number of rotatable bonds is 6. The van der Waals surface area contributed by atoms with Gasteiger partial charge in [-0.15, -0.1) is 11.3 Å². The van der Waals surface area contributed by atoms with Crippen molar-refractivity contribution in [2.24, 2.45) is 0 Å². The molecule has 1 aliphatic rings. The van der Waals surface area contributed by atoms with E-state index >= 15 is 0 Å². The number of aromatic nitrogens is 3. The number of carbonyl (C=O) groups excluding carboxylic acids is 1. The van der Waals surface area contributed by atoms with Crippen molar-refractivity contribution >= 4 is 33.3 Å². The van der Waals surface area contributed by atoms with Crippen LogP contribution >= 0.6 is 11.3 Å². The predicted molar refractivity (Wildman–Crippen MR) is 113 cm³/mol. The van der Waals surface area contributed by atoms with Crippen molar-refractivity contribution in [3.05, 3.63) is 46.9 Å². The second-order valence-electron chi connectivity index (χ2n) is 7.26. The number of hydrogen-bond acceptors (Lipinski definition) is 6. The van der Waals surface area contributed by atoms with Gasteiger partial charge >= 0.3 is 0 Å². The Labute approximate surface area is 168 Å². The third kappa shape index (κ3) is 4.14. The van der Waals surface area contributed by atoms with Crippen molar-refractivity contribution in [1.29, 1.82) is 0 Å². The van der Waals surface area contributed by atoms with Crippen LogP contribution in [0.15, 0.2) is 30.7 Å². The summed E-state index contributed by atoms with van der Waals surface area (Å²) >= 11 is 1.45. The van der Waals surface area contributed by atoms with Crippen LogP contribution in [-0.2, 0) is 6.42 Å². The van der Waals surface area contributed by atoms with Crippen LogP contribution in [0.1, 0.15) is 53.0 Å². The molecule has 0 aliphatic heterocycles. The van der Waals surface area contributed by atoms with E-state index in [1.807, 2.05) is 25.1 Å². The summed E-state index contributed by atoms with van der Waals surface area (Å²) in [5, 5.41) is 7.56. The Morgan fingerprint density at radius 1 is 1.18 bits per heavy atom. The van der Waals surface area contributed by atoms with E-state index in [4.69, 9.17) is 0 Å². The molecule has 3 aromatic heterocycles. The van der Waals surface area contributed by atoms with E-state index in [9.17, 15) is 4.79 Å². The van der Waals surface area contributed by atoms with Crippen LogP contribution in [0.5, 0.6) is 0 Å². The minimum Gasteiger partial charge on any atom is -0.369 e. The van der Waals surface area contributed by atoms with Gasteiger partial charge in [0.1, 0.15) is 17.0 Å². The maximum atomic E-state index is 12.8. The topological polar surface area (TPSA) is 79.8 Å². The van der Waals surface area contributed by atoms with E-state index < -0.39 is 0 Å². The molecule has 0 aromatic carbocycles. The van der Waals surface area contributed by atoms with E-state index in [1.54, 1.807) is 12.5 Å². The highest BCUT2D eigenvalue weighted by Crippen LogP contribution is 2.33. The van der Waals surface area contributed by atoms with E-state index in [0.717, 1.165) is 58.0 Å². The lowest BCUT2D eigenvalue weighted by Crippen LogP contribution is -2.36. The van der Waals surface area contributed by atoms with Crippen LogP contribution in [0.4, 0.5) is 5.82 Å². The number of nitrogens with zero attached hydrogens (tertiary/aromatic N) is 3. The highest BCUT2D eigenvalue weighted by Gasteiger charge is 2.22. The van der Waals surface area contributed by atoms with Gasteiger partial charge in [-0.25, -0.2) is 9.97 Å². The number of thiophene rings is 1. The van der Waals surface area contributed by atoms with Gasteiger partial charge in [0.15, 0.2) is 0 Å². The molecule has 1 amide bonds. The molecule has 3 aromatic rings. The monoisotopic (exact) mass is 395 g/mol. The first-order valence-electron chi connectivity index (χ1n) is 9.91. The zero-order valence-corrected chi connectivity index (χ0v) is 16.9. The summed E-state index contributed by atoms with van der Waals surface area (Å²) in [5.74, 6) is 0.804. The van der Waals surface area contributed by atoms with Gasteiger partial charge in [-0.05, 0) is 37.5 Å². The van der Waals surface area contributed by atoms with Crippen LogP contribution < -0.4 is 10.6 Å². The average Bonchev–Trinajstić information content (AvgIpc) is 3.07. The molecule has 1 aliphatic carbocycles. The number of carbonyl (C=O) groups is 1. The summed E-state index contributed by atoms with van der Waals surface area (Å²) < 4.78 is 0. The fraction of sp³-hybridized carbons (Fsp3) is 0.429. The molecule has 0 unspecified atom stereocenters.